The molecule has 98 valence electrons. The van der Waals surface area contributed by atoms with Crippen LogP contribution in [0.3, 0.4) is 0 Å². The molecule has 1 amide bonds. The maximum absolute atomic E-state index is 12.1. The lowest BCUT2D eigenvalue weighted by Gasteiger charge is -2.23. The van der Waals surface area contributed by atoms with Crippen molar-refractivity contribution < 1.29 is 9.53 Å². The van der Waals surface area contributed by atoms with Crippen molar-refractivity contribution in [2.24, 2.45) is 0 Å². The summed E-state index contributed by atoms with van der Waals surface area (Å²) in [5, 5.41) is 5.89. The molecule has 0 bridgehead atoms. The number of hydrogen-bond donors (Lipinski definition) is 2. The fourth-order valence-corrected chi connectivity index (χ4v) is 2.13. The maximum atomic E-state index is 12.1. The number of rotatable bonds is 4. The Kier molecular flexibility index (Phi) is 3.81. The van der Waals surface area contributed by atoms with E-state index in [2.05, 4.69) is 15.6 Å². The monoisotopic (exact) mass is 249 g/mol. The second-order valence-corrected chi connectivity index (χ2v) is 4.76. The highest BCUT2D eigenvalue weighted by Gasteiger charge is 2.30. The Labute approximate surface area is 107 Å². The summed E-state index contributed by atoms with van der Waals surface area (Å²) in [6.07, 6.45) is 5.27. The molecule has 0 aromatic carbocycles. The molecule has 2 N–H and O–H groups in total. The van der Waals surface area contributed by atoms with Gasteiger partial charge in [0.25, 0.3) is 5.91 Å². The molecule has 1 aliphatic rings. The zero-order valence-electron chi connectivity index (χ0n) is 10.8. The number of aromatic nitrogens is 1. The van der Waals surface area contributed by atoms with Crippen molar-refractivity contribution in [3.8, 4) is 0 Å². The van der Waals surface area contributed by atoms with Gasteiger partial charge in [-0.3, -0.25) is 9.78 Å². The highest BCUT2D eigenvalue weighted by atomic mass is 16.5. The first-order valence-electron chi connectivity index (χ1n) is 6.18. The summed E-state index contributed by atoms with van der Waals surface area (Å²) in [5.41, 5.74) is 1.11. The van der Waals surface area contributed by atoms with Gasteiger partial charge in [0.05, 0.1) is 11.2 Å². The Morgan fingerprint density at radius 3 is 3.11 bits per heavy atom. The SMILES string of the molecule is CNc1ccncc1C(=O)NCC1(C)CCCO1. The van der Waals surface area contributed by atoms with Crippen LogP contribution in [0.25, 0.3) is 0 Å². The Balaban J connectivity index is 1.99. The topological polar surface area (TPSA) is 63.2 Å². The van der Waals surface area contributed by atoms with Gasteiger partial charge in [-0.2, -0.15) is 0 Å². The summed E-state index contributed by atoms with van der Waals surface area (Å²) in [5.74, 6) is -0.121. The number of amides is 1. The third kappa shape index (κ3) is 2.79. The molecule has 0 radical (unpaired) electrons. The molecule has 0 saturated carbocycles. The molecule has 1 fully saturated rings. The zero-order chi connectivity index (χ0) is 13.0. The van der Waals surface area contributed by atoms with Crippen molar-refractivity contribution in [2.45, 2.75) is 25.4 Å². The van der Waals surface area contributed by atoms with Crippen LogP contribution in [0.5, 0.6) is 0 Å². The van der Waals surface area contributed by atoms with Crippen LogP contribution in [-0.2, 0) is 4.74 Å². The molecule has 2 heterocycles. The molecule has 1 atom stereocenters. The van der Waals surface area contributed by atoms with E-state index in [-0.39, 0.29) is 11.5 Å². The smallest absolute Gasteiger partial charge is 0.255 e. The van der Waals surface area contributed by atoms with E-state index in [0.29, 0.717) is 12.1 Å². The Morgan fingerprint density at radius 2 is 2.44 bits per heavy atom. The number of pyridine rings is 1. The summed E-state index contributed by atoms with van der Waals surface area (Å²) >= 11 is 0. The molecule has 0 aliphatic carbocycles. The van der Waals surface area contributed by atoms with Crippen molar-refractivity contribution in [1.82, 2.24) is 10.3 Å². The largest absolute Gasteiger partial charge is 0.387 e. The molecule has 1 unspecified atom stereocenters. The summed E-state index contributed by atoms with van der Waals surface area (Å²) in [7, 11) is 1.79. The molecule has 2 rings (SSSR count). The second kappa shape index (κ2) is 5.35. The molecule has 5 heteroatoms. The van der Waals surface area contributed by atoms with Gasteiger partial charge in [-0.15, -0.1) is 0 Å². The van der Waals surface area contributed by atoms with Crippen LogP contribution in [0.1, 0.15) is 30.1 Å². The number of nitrogens with zero attached hydrogens (tertiary/aromatic N) is 1. The summed E-state index contributed by atoms with van der Waals surface area (Å²) in [6.45, 7) is 3.34. The first kappa shape index (κ1) is 12.8. The van der Waals surface area contributed by atoms with Crippen LogP contribution in [0.4, 0.5) is 5.69 Å². The quantitative estimate of drug-likeness (QED) is 0.847. The zero-order valence-corrected chi connectivity index (χ0v) is 10.8. The van der Waals surface area contributed by atoms with Crippen LogP contribution in [0.2, 0.25) is 0 Å². The van der Waals surface area contributed by atoms with Crippen molar-refractivity contribution in [2.75, 3.05) is 25.5 Å². The predicted molar refractivity (Wildman–Crippen MR) is 69.7 cm³/mol. The van der Waals surface area contributed by atoms with Crippen molar-refractivity contribution in [3.63, 3.8) is 0 Å². The predicted octanol–water partition coefficient (Wildman–Crippen LogP) is 1.42. The molecule has 1 aliphatic heterocycles. The maximum Gasteiger partial charge on any atom is 0.255 e. The highest BCUT2D eigenvalue weighted by molar-refractivity contribution is 5.99. The van der Waals surface area contributed by atoms with E-state index in [1.54, 1.807) is 25.5 Å². The molecule has 1 aromatic rings. The van der Waals surface area contributed by atoms with E-state index in [4.69, 9.17) is 4.74 Å². The lowest BCUT2D eigenvalue weighted by molar-refractivity contribution is 0.0206. The van der Waals surface area contributed by atoms with Gasteiger partial charge in [-0.25, -0.2) is 0 Å². The lowest BCUT2D eigenvalue weighted by Crippen LogP contribution is -2.40. The first-order valence-corrected chi connectivity index (χ1v) is 6.18. The van der Waals surface area contributed by atoms with Gasteiger partial charge >= 0.3 is 0 Å². The number of carbonyl (C=O) groups is 1. The van der Waals surface area contributed by atoms with Gasteiger partial charge in [0, 0.05) is 38.3 Å². The molecule has 5 nitrogen and oxygen atoms in total. The van der Waals surface area contributed by atoms with Crippen molar-refractivity contribution >= 4 is 11.6 Å². The summed E-state index contributed by atoms with van der Waals surface area (Å²) < 4.78 is 5.64. The fraction of sp³-hybridized carbons (Fsp3) is 0.538. The van der Waals surface area contributed by atoms with E-state index in [1.165, 1.54) is 0 Å². The standard InChI is InChI=1S/C13H19N3O2/c1-13(5-3-7-18-13)9-16-12(17)10-8-15-6-4-11(10)14-2/h4,6,8H,3,5,7,9H2,1-2H3,(H,14,15)(H,16,17). The average Bonchev–Trinajstić information content (AvgIpc) is 2.83. The van der Waals surface area contributed by atoms with E-state index >= 15 is 0 Å². The Morgan fingerprint density at radius 1 is 1.61 bits per heavy atom. The number of carbonyl (C=O) groups excluding carboxylic acids is 1. The first-order chi connectivity index (χ1) is 8.64. The van der Waals surface area contributed by atoms with Gasteiger partial charge in [-0.05, 0) is 25.8 Å². The summed E-state index contributed by atoms with van der Waals surface area (Å²) in [4.78, 5) is 16.1. The van der Waals surface area contributed by atoms with Crippen LogP contribution in [0, 0.1) is 0 Å². The second-order valence-electron chi connectivity index (χ2n) is 4.76. The van der Waals surface area contributed by atoms with Crippen LogP contribution in [0.15, 0.2) is 18.5 Å². The Hall–Kier alpha value is -1.62. The lowest BCUT2D eigenvalue weighted by atomic mass is 10.0. The van der Waals surface area contributed by atoms with E-state index in [1.807, 2.05) is 6.92 Å². The minimum Gasteiger partial charge on any atom is -0.387 e. The minimum absolute atomic E-state index is 0.121. The van der Waals surface area contributed by atoms with Gasteiger partial charge in [-0.1, -0.05) is 0 Å². The van der Waals surface area contributed by atoms with E-state index < -0.39 is 0 Å². The van der Waals surface area contributed by atoms with Crippen molar-refractivity contribution in [1.29, 1.82) is 0 Å². The number of nitrogens with one attached hydrogen (secondary N) is 2. The molecule has 1 saturated heterocycles. The molecular weight excluding hydrogens is 230 g/mol. The third-order valence-electron chi connectivity index (χ3n) is 3.26. The molecule has 0 spiro atoms. The van der Waals surface area contributed by atoms with Gasteiger partial charge in [0.2, 0.25) is 0 Å². The van der Waals surface area contributed by atoms with Gasteiger partial charge in [0.15, 0.2) is 0 Å². The van der Waals surface area contributed by atoms with E-state index in [0.717, 1.165) is 25.1 Å². The molecule has 1 aromatic heterocycles. The average molecular weight is 249 g/mol. The molecular formula is C13H19N3O2. The third-order valence-corrected chi connectivity index (χ3v) is 3.26. The summed E-state index contributed by atoms with van der Waals surface area (Å²) in [6, 6.07) is 1.78. The Bertz CT molecular complexity index is 428. The van der Waals surface area contributed by atoms with Gasteiger partial charge < -0.3 is 15.4 Å². The number of ether oxygens (including phenoxy) is 1. The molecule has 18 heavy (non-hydrogen) atoms. The van der Waals surface area contributed by atoms with Crippen LogP contribution < -0.4 is 10.6 Å². The van der Waals surface area contributed by atoms with Crippen LogP contribution >= 0.6 is 0 Å². The van der Waals surface area contributed by atoms with Crippen LogP contribution in [-0.4, -0.2) is 36.7 Å². The van der Waals surface area contributed by atoms with Gasteiger partial charge in [0.1, 0.15) is 0 Å². The number of anilines is 1. The number of hydrogen-bond acceptors (Lipinski definition) is 4. The highest BCUT2D eigenvalue weighted by Crippen LogP contribution is 2.24. The van der Waals surface area contributed by atoms with E-state index in [9.17, 15) is 4.79 Å². The fourth-order valence-electron chi connectivity index (χ4n) is 2.13. The minimum atomic E-state index is -0.225. The normalized spacial score (nSPS) is 22.8. The van der Waals surface area contributed by atoms with Crippen molar-refractivity contribution in [3.05, 3.63) is 24.0 Å².